The van der Waals surface area contributed by atoms with E-state index in [1.54, 1.807) is 4.90 Å². The second-order valence-corrected chi connectivity index (χ2v) is 5.42. The Morgan fingerprint density at radius 3 is 2.69 bits per heavy atom. The summed E-state index contributed by atoms with van der Waals surface area (Å²) in [6.45, 7) is 0.721. The molecule has 2 rings (SSSR count). The zero-order valence-corrected chi connectivity index (χ0v) is 10.6. The number of carbonyl (C=O) groups excluding carboxylic acids is 1. The van der Waals surface area contributed by atoms with Crippen molar-refractivity contribution in [3.63, 3.8) is 0 Å². The number of rotatable bonds is 5. The first-order chi connectivity index (χ1) is 7.61. The number of halogens is 1. The molecular formula is C11H16BrNO3. The Morgan fingerprint density at radius 2 is 2.25 bits per heavy atom. The van der Waals surface area contributed by atoms with Gasteiger partial charge in [0.2, 0.25) is 5.91 Å². The van der Waals surface area contributed by atoms with E-state index in [0.29, 0.717) is 18.3 Å². The maximum absolute atomic E-state index is 11.8. The lowest BCUT2D eigenvalue weighted by Gasteiger charge is -2.27. The van der Waals surface area contributed by atoms with Crippen molar-refractivity contribution in [3.05, 3.63) is 0 Å². The molecule has 90 valence electrons. The van der Waals surface area contributed by atoms with Crippen molar-refractivity contribution in [2.45, 2.75) is 31.7 Å². The average molecular weight is 290 g/mol. The maximum atomic E-state index is 11.8. The summed E-state index contributed by atoms with van der Waals surface area (Å²) in [7, 11) is 0. The van der Waals surface area contributed by atoms with Gasteiger partial charge in [0.05, 0.1) is 6.42 Å². The van der Waals surface area contributed by atoms with Crippen molar-refractivity contribution in [1.82, 2.24) is 4.90 Å². The van der Waals surface area contributed by atoms with Crippen LogP contribution >= 0.6 is 15.9 Å². The van der Waals surface area contributed by atoms with Crippen molar-refractivity contribution >= 4 is 27.8 Å². The number of hydrogen-bond acceptors (Lipinski definition) is 2. The van der Waals surface area contributed by atoms with Gasteiger partial charge >= 0.3 is 5.97 Å². The summed E-state index contributed by atoms with van der Waals surface area (Å²) in [6, 6.07) is -0.0611. The minimum Gasteiger partial charge on any atom is -0.481 e. The summed E-state index contributed by atoms with van der Waals surface area (Å²) in [5.74, 6) is 0.103. The highest BCUT2D eigenvalue weighted by Gasteiger charge is 2.42. The zero-order valence-electron chi connectivity index (χ0n) is 9.06. The number of likely N-dealkylation sites (tertiary alicyclic amines) is 1. The third-order valence-electron chi connectivity index (χ3n) is 3.41. The molecule has 0 aromatic rings. The summed E-state index contributed by atoms with van der Waals surface area (Å²) < 4.78 is 0. The van der Waals surface area contributed by atoms with Crippen LogP contribution in [0.3, 0.4) is 0 Å². The second-order valence-electron chi connectivity index (χ2n) is 4.77. The molecule has 0 aromatic heterocycles. The van der Waals surface area contributed by atoms with Crippen LogP contribution in [0.5, 0.6) is 0 Å². The molecular weight excluding hydrogens is 274 g/mol. The quantitative estimate of drug-likeness (QED) is 0.780. The summed E-state index contributed by atoms with van der Waals surface area (Å²) in [5, 5.41) is 9.70. The largest absolute Gasteiger partial charge is 0.481 e. The highest BCUT2D eigenvalue weighted by Crippen LogP contribution is 2.39. The van der Waals surface area contributed by atoms with Crippen LogP contribution < -0.4 is 0 Å². The third kappa shape index (κ3) is 2.56. The summed E-state index contributed by atoms with van der Waals surface area (Å²) in [5.41, 5.74) is 0. The molecule has 1 N–H and O–H groups in total. The number of nitrogens with zero attached hydrogens (tertiary/aromatic N) is 1. The number of carboxylic acids is 1. The fourth-order valence-corrected chi connectivity index (χ4v) is 2.86. The topological polar surface area (TPSA) is 57.6 Å². The Hall–Kier alpha value is -0.580. The Balaban J connectivity index is 2.02. The minimum atomic E-state index is -0.799. The lowest BCUT2D eigenvalue weighted by atomic mass is 10.1. The van der Waals surface area contributed by atoms with E-state index < -0.39 is 5.97 Å². The third-order valence-corrected chi connectivity index (χ3v) is 4.32. The van der Waals surface area contributed by atoms with E-state index in [2.05, 4.69) is 15.9 Å². The van der Waals surface area contributed by atoms with Gasteiger partial charge in [0, 0.05) is 24.3 Å². The molecule has 16 heavy (non-hydrogen) atoms. The Labute approximate surface area is 103 Å². The number of aliphatic carboxylic acids is 1. The Kier molecular flexibility index (Phi) is 3.52. The zero-order chi connectivity index (χ0) is 11.7. The summed E-state index contributed by atoms with van der Waals surface area (Å²) >= 11 is 3.39. The normalized spacial score (nSPS) is 27.2. The van der Waals surface area contributed by atoms with Crippen molar-refractivity contribution in [1.29, 1.82) is 0 Å². The second kappa shape index (κ2) is 4.73. The van der Waals surface area contributed by atoms with E-state index in [0.717, 1.165) is 24.7 Å². The van der Waals surface area contributed by atoms with Gasteiger partial charge in [0.15, 0.2) is 0 Å². The van der Waals surface area contributed by atoms with E-state index in [4.69, 9.17) is 5.11 Å². The van der Waals surface area contributed by atoms with E-state index in [1.165, 1.54) is 0 Å². The van der Waals surface area contributed by atoms with Crippen LogP contribution in [-0.4, -0.2) is 39.8 Å². The lowest BCUT2D eigenvalue weighted by molar-refractivity contribution is -0.140. The monoisotopic (exact) mass is 289 g/mol. The highest BCUT2D eigenvalue weighted by molar-refractivity contribution is 9.09. The smallest absolute Gasteiger partial charge is 0.305 e. The van der Waals surface area contributed by atoms with Gasteiger partial charge in [-0.1, -0.05) is 15.9 Å². The van der Waals surface area contributed by atoms with Crippen molar-refractivity contribution in [2.75, 3.05) is 11.9 Å². The van der Waals surface area contributed by atoms with Crippen LogP contribution in [0, 0.1) is 11.8 Å². The molecule has 2 aliphatic rings. The molecule has 0 aromatic carbocycles. The van der Waals surface area contributed by atoms with Gasteiger partial charge in [-0.15, -0.1) is 0 Å². The minimum absolute atomic E-state index is 0.0611. The van der Waals surface area contributed by atoms with Gasteiger partial charge in [-0.2, -0.15) is 0 Å². The summed E-state index contributed by atoms with van der Waals surface area (Å²) in [4.78, 5) is 24.4. The predicted molar refractivity (Wildman–Crippen MR) is 62.4 cm³/mol. The SMILES string of the molecule is O=C(O)CC(C1CC1)N1CC(CBr)CC1=O. The van der Waals surface area contributed by atoms with Crippen LogP contribution in [-0.2, 0) is 9.59 Å². The van der Waals surface area contributed by atoms with E-state index in [1.807, 2.05) is 0 Å². The fraction of sp³-hybridized carbons (Fsp3) is 0.818. The highest BCUT2D eigenvalue weighted by atomic mass is 79.9. The van der Waals surface area contributed by atoms with E-state index in [9.17, 15) is 9.59 Å². The molecule has 2 atom stereocenters. The number of amides is 1. The molecule has 1 saturated carbocycles. The van der Waals surface area contributed by atoms with Gasteiger partial charge in [-0.3, -0.25) is 9.59 Å². The number of alkyl halides is 1. The first-order valence-corrected chi connectivity index (χ1v) is 6.81. The molecule has 1 amide bonds. The van der Waals surface area contributed by atoms with Crippen molar-refractivity contribution < 1.29 is 14.7 Å². The molecule has 1 heterocycles. The lowest BCUT2D eigenvalue weighted by Crippen LogP contribution is -2.39. The molecule has 5 heteroatoms. The van der Waals surface area contributed by atoms with Gasteiger partial charge in [-0.05, 0) is 24.7 Å². The standard InChI is InChI=1S/C11H16BrNO3/c12-5-7-3-10(14)13(6-7)9(4-11(15)16)8-1-2-8/h7-9H,1-6H2,(H,15,16). The number of hydrogen-bond donors (Lipinski definition) is 1. The molecule has 4 nitrogen and oxygen atoms in total. The molecule has 2 unspecified atom stereocenters. The van der Waals surface area contributed by atoms with Gasteiger partial charge < -0.3 is 10.0 Å². The molecule has 1 aliphatic heterocycles. The van der Waals surface area contributed by atoms with Gasteiger partial charge in [0.25, 0.3) is 0 Å². The molecule has 0 spiro atoms. The van der Waals surface area contributed by atoms with Crippen LogP contribution in [0.25, 0.3) is 0 Å². The molecule has 1 saturated heterocycles. The molecule has 2 fully saturated rings. The van der Waals surface area contributed by atoms with E-state index >= 15 is 0 Å². The van der Waals surface area contributed by atoms with E-state index in [-0.39, 0.29) is 18.4 Å². The first kappa shape index (κ1) is 11.9. The van der Waals surface area contributed by atoms with Gasteiger partial charge in [0.1, 0.15) is 0 Å². The molecule has 0 bridgehead atoms. The average Bonchev–Trinajstić information content (AvgIpc) is 2.99. The number of carbonyl (C=O) groups is 2. The predicted octanol–water partition coefficient (Wildman–Crippen LogP) is 1.48. The Bertz CT molecular complexity index is 304. The van der Waals surface area contributed by atoms with Gasteiger partial charge in [-0.25, -0.2) is 0 Å². The van der Waals surface area contributed by atoms with Crippen molar-refractivity contribution in [3.8, 4) is 0 Å². The Morgan fingerprint density at radius 1 is 1.56 bits per heavy atom. The summed E-state index contributed by atoms with van der Waals surface area (Å²) in [6.07, 6.45) is 2.81. The van der Waals surface area contributed by atoms with Crippen LogP contribution in [0.2, 0.25) is 0 Å². The number of carboxylic acid groups (broad SMARTS) is 1. The first-order valence-electron chi connectivity index (χ1n) is 5.69. The van der Waals surface area contributed by atoms with Crippen LogP contribution in [0.4, 0.5) is 0 Å². The van der Waals surface area contributed by atoms with Crippen LogP contribution in [0.1, 0.15) is 25.7 Å². The fourth-order valence-electron chi connectivity index (χ4n) is 2.42. The maximum Gasteiger partial charge on any atom is 0.305 e. The molecule has 0 radical (unpaired) electrons. The molecule has 1 aliphatic carbocycles. The van der Waals surface area contributed by atoms with Crippen LogP contribution in [0.15, 0.2) is 0 Å². The van der Waals surface area contributed by atoms with Crippen molar-refractivity contribution in [2.24, 2.45) is 11.8 Å².